The molecule has 0 aliphatic carbocycles. The topological polar surface area (TPSA) is 57.2 Å². The van der Waals surface area contributed by atoms with Crippen LogP contribution < -0.4 is 5.32 Å². The van der Waals surface area contributed by atoms with Gasteiger partial charge in [0.15, 0.2) is 5.96 Å². The number of amides is 1. The average Bonchev–Trinajstić information content (AvgIpc) is 3.20. The largest absolute Gasteiger partial charge is 0.444 e. The highest BCUT2D eigenvalue weighted by atomic mass is 32.1. The zero-order valence-corrected chi connectivity index (χ0v) is 16.3. The summed E-state index contributed by atoms with van der Waals surface area (Å²) in [7, 11) is 0. The standard InChI is InChI=1S/C18H28N4O2S/c1-13(14-5-8-25-12-14)9-19-16-20-10-15-11-21(6-7-22(15)16)17(23)24-18(2,3)4/h5,8,12-13,15H,6-7,9-11H2,1-4H3,(H,19,20). The highest BCUT2D eigenvalue weighted by Gasteiger charge is 2.36. The van der Waals surface area contributed by atoms with Crippen molar-refractivity contribution in [3.05, 3.63) is 22.4 Å². The first-order valence-corrected chi connectivity index (χ1v) is 9.83. The molecule has 3 heterocycles. The number of fused-ring (bicyclic) bond motifs is 1. The first kappa shape index (κ1) is 18.0. The van der Waals surface area contributed by atoms with Crippen molar-refractivity contribution < 1.29 is 9.53 Å². The van der Waals surface area contributed by atoms with Crippen molar-refractivity contribution in [1.29, 1.82) is 0 Å². The molecule has 1 saturated heterocycles. The summed E-state index contributed by atoms with van der Waals surface area (Å²) < 4.78 is 5.49. The van der Waals surface area contributed by atoms with Crippen LogP contribution in [0, 0.1) is 0 Å². The van der Waals surface area contributed by atoms with Gasteiger partial charge in [-0.3, -0.25) is 4.99 Å². The number of nitrogens with zero attached hydrogens (tertiary/aromatic N) is 3. The van der Waals surface area contributed by atoms with Crippen molar-refractivity contribution in [3.63, 3.8) is 0 Å². The van der Waals surface area contributed by atoms with E-state index in [0.29, 0.717) is 19.0 Å². The van der Waals surface area contributed by atoms with Crippen LogP contribution in [0.2, 0.25) is 0 Å². The quantitative estimate of drug-likeness (QED) is 0.896. The first-order chi connectivity index (χ1) is 11.8. The smallest absolute Gasteiger partial charge is 0.410 e. The Hall–Kier alpha value is -1.76. The van der Waals surface area contributed by atoms with E-state index in [9.17, 15) is 4.79 Å². The molecule has 25 heavy (non-hydrogen) atoms. The minimum absolute atomic E-state index is 0.223. The van der Waals surface area contributed by atoms with E-state index >= 15 is 0 Å². The summed E-state index contributed by atoms with van der Waals surface area (Å²) in [6.45, 7) is 11.7. The molecule has 138 valence electrons. The second-order valence-electron chi connectivity index (χ2n) is 7.78. The highest BCUT2D eigenvalue weighted by Crippen LogP contribution is 2.20. The number of ether oxygens (including phenoxy) is 1. The number of carbonyl (C=O) groups excluding carboxylic acids is 1. The highest BCUT2D eigenvalue weighted by molar-refractivity contribution is 7.07. The fourth-order valence-corrected chi connectivity index (χ4v) is 3.92. The van der Waals surface area contributed by atoms with Crippen molar-refractivity contribution in [2.24, 2.45) is 4.99 Å². The lowest BCUT2D eigenvalue weighted by atomic mass is 10.1. The number of hydrogen-bond acceptors (Lipinski definition) is 6. The molecular weight excluding hydrogens is 336 g/mol. The molecular formula is C18H28N4O2S. The average molecular weight is 365 g/mol. The maximum absolute atomic E-state index is 12.3. The minimum atomic E-state index is -0.453. The molecule has 1 aromatic rings. The molecule has 1 N–H and O–H groups in total. The maximum atomic E-state index is 12.3. The van der Waals surface area contributed by atoms with E-state index in [0.717, 1.165) is 25.6 Å². The van der Waals surface area contributed by atoms with Gasteiger partial charge >= 0.3 is 6.09 Å². The van der Waals surface area contributed by atoms with E-state index in [1.54, 1.807) is 16.2 Å². The van der Waals surface area contributed by atoms with Crippen LogP contribution in [0.1, 0.15) is 39.2 Å². The lowest BCUT2D eigenvalue weighted by Gasteiger charge is -2.39. The van der Waals surface area contributed by atoms with Crippen molar-refractivity contribution in [3.8, 4) is 0 Å². The van der Waals surface area contributed by atoms with E-state index < -0.39 is 5.60 Å². The molecule has 2 aliphatic rings. The van der Waals surface area contributed by atoms with Crippen LogP contribution in [-0.2, 0) is 4.74 Å². The Bertz CT molecular complexity index is 624. The van der Waals surface area contributed by atoms with Gasteiger partial charge in [-0.05, 0) is 49.1 Å². The van der Waals surface area contributed by atoms with Crippen LogP contribution in [-0.4, -0.2) is 66.2 Å². The van der Waals surface area contributed by atoms with Gasteiger partial charge in [0, 0.05) is 26.2 Å². The SMILES string of the molecule is CC(CNC1=NCC2CN(C(=O)OC(C)(C)C)CCN12)c1ccsc1. The number of hydrogen-bond donors (Lipinski definition) is 1. The number of nitrogens with one attached hydrogen (secondary N) is 1. The summed E-state index contributed by atoms with van der Waals surface area (Å²) in [5.41, 5.74) is 0.910. The van der Waals surface area contributed by atoms with Gasteiger partial charge in [-0.1, -0.05) is 6.92 Å². The third-order valence-electron chi connectivity index (χ3n) is 4.54. The van der Waals surface area contributed by atoms with Crippen LogP contribution in [0.3, 0.4) is 0 Å². The fraction of sp³-hybridized carbons (Fsp3) is 0.667. The van der Waals surface area contributed by atoms with Gasteiger partial charge in [0.25, 0.3) is 0 Å². The Labute approximate surface area is 153 Å². The summed E-state index contributed by atoms with van der Waals surface area (Å²) in [5.74, 6) is 1.42. The third-order valence-corrected chi connectivity index (χ3v) is 5.24. The second-order valence-corrected chi connectivity index (χ2v) is 8.56. The zero-order chi connectivity index (χ0) is 18.0. The molecule has 2 unspecified atom stereocenters. The van der Waals surface area contributed by atoms with Crippen molar-refractivity contribution in [1.82, 2.24) is 15.1 Å². The van der Waals surface area contributed by atoms with Crippen LogP contribution in [0.25, 0.3) is 0 Å². The molecule has 0 radical (unpaired) electrons. The number of guanidine groups is 1. The summed E-state index contributed by atoms with van der Waals surface area (Å²) in [4.78, 5) is 21.0. The molecule has 0 spiro atoms. The molecule has 7 heteroatoms. The number of rotatable bonds is 3. The number of carbonyl (C=O) groups is 1. The Kier molecular flexibility index (Phi) is 5.22. The predicted octanol–water partition coefficient (Wildman–Crippen LogP) is 2.73. The van der Waals surface area contributed by atoms with Crippen molar-refractivity contribution >= 4 is 23.4 Å². The summed E-state index contributed by atoms with van der Waals surface area (Å²) in [6.07, 6.45) is -0.223. The molecule has 2 atom stereocenters. The molecule has 3 rings (SSSR count). The van der Waals surface area contributed by atoms with Crippen molar-refractivity contribution in [2.75, 3.05) is 32.7 Å². The molecule has 1 fully saturated rings. The summed E-state index contributed by atoms with van der Waals surface area (Å²) in [5, 5.41) is 7.81. The molecule has 1 aromatic heterocycles. The molecule has 0 bridgehead atoms. The summed E-state index contributed by atoms with van der Waals surface area (Å²) in [6, 6.07) is 2.43. The first-order valence-electron chi connectivity index (χ1n) is 8.88. The van der Waals surface area contributed by atoms with Gasteiger partial charge < -0.3 is 19.9 Å². The van der Waals surface area contributed by atoms with E-state index in [1.807, 2.05) is 20.8 Å². The maximum Gasteiger partial charge on any atom is 0.410 e. The van der Waals surface area contributed by atoms with Gasteiger partial charge in [0.05, 0.1) is 12.6 Å². The summed E-state index contributed by atoms with van der Waals surface area (Å²) >= 11 is 1.73. The second kappa shape index (κ2) is 7.23. The van der Waals surface area contributed by atoms with Crippen molar-refractivity contribution in [2.45, 2.75) is 45.3 Å². The van der Waals surface area contributed by atoms with Crippen LogP contribution in [0.15, 0.2) is 21.8 Å². The van der Waals surface area contributed by atoms with Crippen LogP contribution in [0.4, 0.5) is 4.79 Å². The van der Waals surface area contributed by atoms with Gasteiger partial charge in [0.2, 0.25) is 0 Å². The monoisotopic (exact) mass is 364 g/mol. The molecule has 0 saturated carbocycles. The third kappa shape index (κ3) is 4.45. The Morgan fingerprint density at radius 2 is 2.28 bits per heavy atom. The fourth-order valence-electron chi connectivity index (χ4n) is 3.14. The molecule has 2 aliphatic heterocycles. The molecule has 0 aromatic carbocycles. The van der Waals surface area contributed by atoms with Crippen LogP contribution in [0.5, 0.6) is 0 Å². The van der Waals surface area contributed by atoms with Crippen LogP contribution >= 0.6 is 11.3 Å². The lowest BCUT2D eigenvalue weighted by Crippen LogP contribution is -2.57. The van der Waals surface area contributed by atoms with Gasteiger partial charge in [-0.2, -0.15) is 11.3 Å². The number of thiophene rings is 1. The minimum Gasteiger partial charge on any atom is -0.444 e. The molecule has 1 amide bonds. The Morgan fingerprint density at radius 3 is 2.96 bits per heavy atom. The van der Waals surface area contributed by atoms with E-state index in [4.69, 9.17) is 4.74 Å². The Balaban J connectivity index is 1.50. The lowest BCUT2D eigenvalue weighted by molar-refractivity contribution is 0.0137. The zero-order valence-electron chi connectivity index (χ0n) is 15.5. The van der Waals surface area contributed by atoms with E-state index in [2.05, 4.69) is 39.0 Å². The van der Waals surface area contributed by atoms with E-state index in [-0.39, 0.29) is 12.1 Å². The number of piperazine rings is 1. The predicted molar refractivity (Wildman–Crippen MR) is 101 cm³/mol. The Morgan fingerprint density at radius 1 is 1.48 bits per heavy atom. The number of aliphatic imine (C=N–C) groups is 1. The van der Waals surface area contributed by atoms with E-state index in [1.165, 1.54) is 5.56 Å². The van der Waals surface area contributed by atoms with Gasteiger partial charge in [-0.15, -0.1) is 0 Å². The van der Waals surface area contributed by atoms with Gasteiger partial charge in [0.1, 0.15) is 5.60 Å². The molecule has 6 nitrogen and oxygen atoms in total. The van der Waals surface area contributed by atoms with Gasteiger partial charge in [-0.25, -0.2) is 4.79 Å². The normalized spacial score (nSPS) is 21.6.